The number of phenolic OH excluding ortho intramolecular Hbond substituents is 2. The molecule has 1 saturated carbocycles. The fourth-order valence-electron chi connectivity index (χ4n) is 5.32. The Labute approximate surface area is 270 Å². The minimum absolute atomic E-state index is 0. The third-order valence-electron chi connectivity index (χ3n) is 8.29. The molecule has 7 heteroatoms. The van der Waals surface area contributed by atoms with Crippen LogP contribution >= 0.6 is 0 Å². The molecule has 0 aromatic heterocycles. The molecular weight excluding hydrogens is 583 g/mol. The number of aliphatic hydroxyl groups is 2. The maximum absolute atomic E-state index is 11.2. The summed E-state index contributed by atoms with van der Waals surface area (Å²) in [6, 6.07) is 7.28. The van der Waals surface area contributed by atoms with Gasteiger partial charge in [0.15, 0.2) is 0 Å². The van der Waals surface area contributed by atoms with E-state index in [1.165, 1.54) is 0 Å². The maximum Gasteiger partial charge on any atom is 0.128 e. The third kappa shape index (κ3) is 8.93. The molecule has 4 N–H and O–H groups in total. The van der Waals surface area contributed by atoms with Gasteiger partial charge < -0.3 is 20.4 Å². The molecule has 0 aliphatic heterocycles. The summed E-state index contributed by atoms with van der Waals surface area (Å²) in [5.74, 6) is 0.406. The van der Waals surface area contributed by atoms with Gasteiger partial charge in [0.05, 0.1) is 24.3 Å². The summed E-state index contributed by atoms with van der Waals surface area (Å²) in [7, 11) is 0. The summed E-state index contributed by atoms with van der Waals surface area (Å²) < 4.78 is 0. The van der Waals surface area contributed by atoms with Crippen LogP contribution in [0.15, 0.2) is 34.3 Å². The molecule has 3 rings (SSSR count). The first-order valence-electron chi connectivity index (χ1n) is 15.2. The first kappa shape index (κ1) is 37.0. The van der Waals surface area contributed by atoms with Gasteiger partial charge in [-0.25, -0.2) is 0 Å². The van der Waals surface area contributed by atoms with Crippen LogP contribution in [0.4, 0.5) is 0 Å². The molecule has 0 spiro atoms. The summed E-state index contributed by atoms with van der Waals surface area (Å²) in [5.41, 5.74) is 4.40. The second-order valence-electron chi connectivity index (χ2n) is 16.2. The van der Waals surface area contributed by atoms with Crippen LogP contribution in [-0.4, -0.2) is 57.1 Å². The van der Waals surface area contributed by atoms with Crippen LogP contribution in [0.1, 0.15) is 129 Å². The monoisotopic (exact) mass is 637 g/mol. The predicted molar refractivity (Wildman–Crippen MR) is 175 cm³/mol. The van der Waals surface area contributed by atoms with E-state index in [4.69, 9.17) is 9.98 Å². The largest absolute Gasteiger partial charge is 0.507 e. The van der Waals surface area contributed by atoms with Gasteiger partial charge in [0.2, 0.25) is 0 Å². The Morgan fingerprint density at radius 1 is 0.558 bits per heavy atom. The molecule has 1 radical (unpaired) electrons. The van der Waals surface area contributed by atoms with Crippen molar-refractivity contribution in [1.82, 2.24) is 0 Å². The van der Waals surface area contributed by atoms with Crippen molar-refractivity contribution in [3.05, 3.63) is 57.6 Å². The first-order valence-corrected chi connectivity index (χ1v) is 15.2. The van der Waals surface area contributed by atoms with Gasteiger partial charge in [-0.05, 0) is 44.9 Å². The molecule has 6 nitrogen and oxygen atoms in total. The number of rotatable bonds is 4. The van der Waals surface area contributed by atoms with E-state index >= 15 is 0 Å². The van der Waals surface area contributed by atoms with Gasteiger partial charge in [0.25, 0.3) is 0 Å². The van der Waals surface area contributed by atoms with Crippen LogP contribution in [0.5, 0.6) is 11.5 Å². The Bertz CT molecular complexity index is 1230. The molecule has 2 aromatic rings. The van der Waals surface area contributed by atoms with Gasteiger partial charge in [-0.15, -0.1) is 0 Å². The molecule has 1 fully saturated rings. The average molecular weight is 638 g/mol. The van der Waals surface area contributed by atoms with Crippen molar-refractivity contribution < 1.29 is 37.2 Å². The summed E-state index contributed by atoms with van der Waals surface area (Å²) in [4.78, 5) is 9.69. The van der Waals surface area contributed by atoms with E-state index in [1.807, 2.05) is 12.1 Å². The van der Waals surface area contributed by atoms with Crippen LogP contribution in [0.3, 0.4) is 0 Å². The number of hydrogen-bond donors (Lipinski definition) is 4. The minimum atomic E-state index is -0.914. The van der Waals surface area contributed by atoms with E-state index < -0.39 is 24.3 Å². The zero-order valence-corrected chi connectivity index (χ0v) is 29.2. The number of benzene rings is 2. The van der Waals surface area contributed by atoms with E-state index in [1.54, 1.807) is 12.4 Å². The van der Waals surface area contributed by atoms with Crippen LogP contribution < -0.4 is 0 Å². The van der Waals surface area contributed by atoms with Gasteiger partial charge in [-0.3, -0.25) is 9.98 Å². The Morgan fingerprint density at radius 3 is 1.12 bits per heavy atom. The molecule has 2 aromatic carbocycles. The molecule has 0 amide bonds. The summed E-state index contributed by atoms with van der Waals surface area (Å²) in [6.45, 7) is 25.3. The zero-order chi connectivity index (χ0) is 32.0. The van der Waals surface area contributed by atoms with E-state index in [2.05, 4.69) is 95.2 Å². The van der Waals surface area contributed by atoms with Crippen molar-refractivity contribution >= 4 is 12.4 Å². The van der Waals surface area contributed by atoms with Gasteiger partial charge in [0.1, 0.15) is 11.5 Å². The fourth-order valence-corrected chi connectivity index (χ4v) is 5.32. The molecule has 0 saturated heterocycles. The van der Waals surface area contributed by atoms with Crippen molar-refractivity contribution in [3.8, 4) is 11.5 Å². The fraction of sp³-hybridized carbons (Fsp3) is 0.611. The van der Waals surface area contributed by atoms with E-state index in [0.717, 1.165) is 22.3 Å². The van der Waals surface area contributed by atoms with Crippen molar-refractivity contribution in [2.24, 2.45) is 9.98 Å². The Morgan fingerprint density at radius 2 is 0.860 bits per heavy atom. The zero-order valence-electron chi connectivity index (χ0n) is 28.2. The van der Waals surface area contributed by atoms with Gasteiger partial charge in [-0.1, -0.05) is 95.2 Å². The molecule has 1 aliphatic carbocycles. The second-order valence-corrected chi connectivity index (χ2v) is 16.2. The molecular formula is C36H54CoN2O4. The van der Waals surface area contributed by atoms with Crippen LogP contribution in [0, 0.1) is 0 Å². The molecule has 1 aliphatic rings. The Kier molecular flexibility index (Phi) is 11.2. The number of phenols is 2. The number of hydrogen-bond acceptors (Lipinski definition) is 6. The second kappa shape index (κ2) is 13.0. The summed E-state index contributed by atoms with van der Waals surface area (Å²) in [6.07, 6.45) is 2.03. The van der Waals surface area contributed by atoms with Crippen molar-refractivity contribution in [3.63, 3.8) is 0 Å². The maximum atomic E-state index is 11.2. The van der Waals surface area contributed by atoms with Crippen LogP contribution in [0.2, 0.25) is 0 Å². The molecule has 0 unspecified atom stereocenters. The van der Waals surface area contributed by atoms with Gasteiger partial charge in [-0.2, -0.15) is 0 Å². The number of nitrogens with zero attached hydrogens (tertiary/aromatic N) is 2. The SMILES string of the molecule is CC(C)(C)c1cc(C=N[C@H]2C[C@@H](O)[C@@H](O)C[C@H]2N=Cc2cc(C(C)(C)C)cc(C(C)(C)C)c2O)c(O)c(C(C)(C)C)c1.[Co]. The van der Waals surface area contributed by atoms with E-state index in [0.29, 0.717) is 11.1 Å². The normalized spacial score (nSPS) is 22.3. The quantitative estimate of drug-likeness (QED) is 0.269. The van der Waals surface area contributed by atoms with Crippen molar-refractivity contribution in [2.45, 2.75) is 142 Å². The standard InChI is InChI=1S/C36H54N2O4.Co/c1-33(2,3)23-13-21(31(41)25(15-23)35(7,8)9)19-37-27-17-29(39)30(40)18-28(27)38-20-22-14-24(34(4,5)6)16-26(32(22)42)36(10,11)12;/h13-16,19-20,27-30,39-42H,17-18H2,1-12H3;/t27-,28+,29+,30-;. The molecule has 4 atom stereocenters. The smallest absolute Gasteiger partial charge is 0.128 e. The third-order valence-corrected chi connectivity index (χ3v) is 8.29. The summed E-state index contributed by atoms with van der Waals surface area (Å²) in [5, 5.41) is 43.5. The van der Waals surface area contributed by atoms with Gasteiger partial charge >= 0.3 is 0 Å². The molecule has 43 heavy (non-hydrogen) atoms. The van der Waals surface area contributed by atoms with E-state index in [9.17, 15) is 20.4 Å². The summed E-state index contributed by atoms with van der Waals surface area (Å²) >= 11 is 0. The number of aliphatic imine (C=N–C) groups is 2. The van der Waals surface area contributed by atoms with Crippen molar-refractivity contribution in [2.75, 3.05) is 0 Å². The first-order chi connectivity index (χ1) is 19.0. The predicted octanol–water partition coefficient (Wildman–Crippen LogP) is 7.08. The number of aliphatic hydroxyl groups excluding tert-OH is 2. The average Bonchev–Trinajstić information content (AvgIpc) is 2.82. The van der Waals surface area contributed by atoms with Crippen LogP contribution in [-0.2, 0) is 38.4 Å². The molecule has 0 heterocycles. The minimum Gasteiger partial charge on any atom is -0.507 e. The van der Waals surface area contributed by atoms with Crippen LogP contribution in [0.25, 0.3) is 0 Å². The molecule has 241 valence electrons. The molecule has 0 bridgehead atoms. The topological polar surface area (TPSA) is 106 Å². The van der Waals surface area contributed by atoms with Gasteiger partial charge in [0, 0.05) is 64.3 Å². The number of aromatic hydroxyl groups is 2. The van der Waals surface area contributed by atoms with E-state index in [-0.39, 0.29) is 62.8 Å². The Balaban J connectivity index is 0.00000645. The van der Waals surface area contributed by atoms with Crippen molar-refractivity contribution in [1.29, 1.82) is 0 Å². The Hall–Kier alpha value is -2.19.